The van der Waals surface area contributed by atoms with Gasteiger partial charge < -0.3 is 30.5 Å². The highest BCUT2D eigenvalue weighted by atomic mass is 32.2. The Labute approximate surface area is 321 Å². The Morgan fingerprint density at radius 3 is 2.37 bits per heavy atom. The molecular formula is C42H39N3O7S2. The number of aromatic hydroxyl groups is 1. The third kappa shape index (κ3) is 9.02. The molecule has 276 valence electrons. The van der Waals surface area contributed by atoms with Crippen LogP contribution in [0.25, 0.3) is 6.08 Å². The molecule has 2 unspecified atom stereocenters. The van der Waals surface area contributed by atoms with Crippen LogP contribution in [0.2, 0.25) is 0 Å². The number of esters is 1. The van der Waals surface area contributed by atoms with Crippen molar-refractivity contribution in [3.63, 3.8) is 0 Å². The molecule has 1 heterocycles. The molecule has 1 aliphatic rings. The summed E-state index contributed by atoms with van der Waals surface area (Å²) in [7, 11) is 2.78. The van der Waals surface area contributed by atoms with E-state index < -0.39 is 23.0 Å². The molecule has 3 amide bonds. The first-order valence-corrected chi connectivity index (χ1v) is 18.9. The highest BCUT2D eigenvalue weighted by molar-refractivity contribution is 8.00. The highest BCUT2D eigenvalue weighted by Gasteiger charge is 2.31. The number of methoxy groups -OCH3 is 2. The standard InChI is InChI=1S/C42H39N3O7S2/c1-25(38(47)45-41-37(42(50)52-3)33-20-18-28(22-36(33)54-41)26-11-6-4-7-12-26)53-32-16-10-15-30(23-32)43-40(49)34(44-39(48)27-13-8-5-9-14-27)21-29-17-19-31(46)24-35(29)51-2/h4-17,19,21,23-25,28,46H,18,20,22H2,1-3H3,(H,43,49)(H,44,48)(H,45,47)/b34-21+. The molecule has 0 aliphatic heterocycles. The minimum atomic E-state index is -0.603. The van der Waals surface area contributed by atoms with Gasteiger partial charge in [0, 0.05) is 32.7 Å². The van der Waals surface area contributed by atoms with Crippen molar-refractivity contribution in [3.05, 3.63) is 142 Å². The number of hydrogen-bond acceptors (Lipinski definition) is 9. The third-order valence-corrected chi connectivity index (χ3v) is 11.2. The normalized spacial score (nSPS) is 14.3. The van der Waals surface area contributed by atoms with Gasteiger partial charge >= 0.3 is 5.97 Å². The van der Waals surface area contributed by atoms with E-state index in [9.17, 15) is 24.3 Å². The highest BCUT2D eigenvalue weighted by Crippen LogP contribution is 2.43. The van der Waals surface area contributed by atoms with Crippen molar-refractivity contribution in [1.82, 2.24) is 5.32 Å². The summed E-state index contributed by atoms with van der Waals surface area (Å²) in [5, 5.41) is 18.4. The number of rotatable bonds is 12. The van der Waals surface area contributed by atoms with E-state index in [1.54, 1.807) is 61.5 Å². The van der Waals surface area contributed by atoms with Crippen molar-refractivity contribution in [1.29, 1.82) is 0 Å². The summed E-state index contributed by atoms with van der Waals surface area (Å²) < 4.78 is 10.5. The predicted octanol–water partition coefficient (Wildman–Crippen LogP) is 8.05. The molecule has 0 saturated heterocycles. The molecule has 4 N–H and O–H groups in total. The van der Waals surface area contributed by atoms with Gasteiger partial charge in [-0.1, -0.05) is 54.6 Å². The summed E-state index contributed by atoms with van der Waals surface area (Å²) in [6.45, 7) is 1.77. The van der Waals surface area contributed by atoms with E-state index in [0.29, 0.717) is 50.4 Å². The minimum Gasteiger partial charge on any atom is -0.508 e. The number of fused-ring (bicyclic) bond motifs is 1. The number of carbonyl (C=O) groups excluding carboxylic acids is 4. The van der Waals surface area contributed by atoms with E-state index in [0.717, 1.165) is 23.3 Å². The molecule has 0 spiro atoms. The average Bonchev–Trinajstić information content (AvgIpc) is 3.55. The van der Waals surface area contributed by atoms with Crippen LogP contribution in [0.1, 0.15) is 61.5 Å². The van der Waals surface area contributed by atoms with Gasteiger partial charge in [-0.25, -0.2) is 4.79 Å². The number of anilines is 2. The summed E-state index contributed by atoms with van der Waals surface area (Å²) in [4.78, 5) is 55.1. The molecular weight excluding hydrogens is 723 g/mol. The second kappa shape index (κ2) is 17.3. The molecule has 12 heteroatoms. The molecule has 5 aromatic rings. The van der Waals surface area contributed by atoms with Crippen LogP contribution in [0, 0.1) is 0 Å². The van der Waals surface area contributed by atoms with E-state index in [2.05, 4.69) is 28.1 Å². The fourth-order valence-corrected chi connectivity index (χ4v) is 8.48. The van der Waals surface area contributed by atoms with Gasteiger partial charge in [-0.15, -0.1) is 23.1 Å². The van der Waals surface area contributed by atoms with Gasteiger partial charge in [0.05, 0.1) is 25.0 Å². The molecule has 0 fully saturated rings. The van der Waals surface area contributed by atoms with E-state index >= 15 is 0 Å². The summed E-state index contributed by atoms with van der Waals surface area (Å²) >= 11 is 2.72. The Hall–Kier alpha value is -5.85. The van der Waals surface area contributed by atoms with Crippen molar-refractivity contribution in [2.75, 3.05) is 24.9 Å². The lowest BCUT2D eigenvalue weighted by molar-refractivity contribution is -0.115. The monoisotopic (exact) mass is 761 g/mol. The van der Waals surface area contributed by atoms with Gasteiger partial charge in [-0.3, -0.25) is 14.4 Å². The number of phenolic OH excluding ortho intramolecular Hbond substituents is 1. The fraction of sp³-hybridized carbons (Fsp3) is 0.190. The van der Waals surface area contributed by atoms with Gasteiger partial charge in [-0.05, 0) is 91.8 Å². The molecule has 1 aliphatic carbocycles. The summed E-state index contributed by atoms with van der Waals surface area (Å²) in [6, 6.07) is 30.2. The minimum absolute atomic E-state index is 0.0177. The van der Waals surface area contributed by atoms with Crippen LogP contribution >= 0.6 is 23.1 Å². The Kier molecular flexibility index (Phi) is 12.2. The van der Waals surface area contributed by atoms with Crippen LogP contribution < -0.4 is 20.7 Å². The zero-order valence-corrected chi connectivity index (χ0v) is 31.5. The van der Waals surface area contributed by atoms with E-state index in [1.807, 2.05) is 24.3 Å². The number of phenols is 1. The number of nitrogens with one attached hydrogen (secondary N) is 3. The number of thioether (sulfide) groups is 1. The first-order valence-electron chi connectivity index (χ1n) is 17.2. The van der Waals surface area contributed by atoms with Gasteiger partial charge in [0.1, 0.15) is 22.2 Å². The topological polar surface area (TPSA) is 143 Å². The Bertz CT molecular complexity index is 2200. The number of ether oxygens (including phenoxy) is 2. The first kappa shape index (κ1) is 37.9. The van der Waals surface area contributed by atoms with E-state index in [4.69, 9.17) is 9.47 Å². The maximum absolute atomic E-state index is 13.7. The zero-order valence-electron chi connectivity index (χ0n) is 29.9. The predicted molar refractivity (Wildman–Crippen MR) is 212 cm³/mol. The number of thiophene rings is 1. The Morgan fingerprint density at radius 1 is 0.907 bits per heavy atom. The molecule has 0 bridgehead atoms. The molecule has 0 saturated carbocycles. The van der Waals surface area contributed by atoms with E-state index in [1.165, 1.54) is 61.1 Å². The lowest BCUT2D eigenvalue weighted by atomic mass is 9.83. The van der Waals surface area contributed by atoms with Crippen LogP contribution in [0.4, 0.5) is 10.7 Å². The smallest absolute Gasteiger partial charge is 0.341 e. The summed E-state index contributed by atoms with van der Waals surface area (Å²) in [5.41, 5.74) is 3.80. The fourth-order valence-electron chi connectivity index (χ4n) is 6.24. The van der Waals surface area contributed by atoms with Crippen molar-refractivity contribution in [3.8, 4) is 11.5 Å². The van der Waals surface area contributed by atoms with Crippen molar-refractivity contribution in [2.45, 2.75) is 42.2 Å². The average molecular weight is 762 g/mol. The van der Waals surface area contributed by atoms with Gasteiger partial charge in [0.2, 0.25) is 5.91 Å². The molecule has 0 radical (unpaired) electrons. The van der Waals surface area contributed by atoms with E-state index in [-0.39, 0.29) is 17.4 Å². The second-order valence-corrected chi connectivity index (χ2v) is 15.1. The summed E-state index contributed by atoms with van der Waals surface area (Å²) in [6.07, 6.45) is 3.85. The quantitative estimate of drug-likeness (QED) is 0.0569. The van der Waals surface area contributed by atoms with Crippen LogP contribution in [0.15, 0.2) is 114 Å². The number of carbonyl (C=O) groups is 4. The van der Waals surface area contributed by atoms with Gasteiger partial charge in [0.25, 0.3) is 11.8 Å². The Balaban J connectivity index is 1.17. The number of benzene rings is 4. The molecule has 4 aromatic carbocycles. The van der Waals surface area contributed by atoms with Crippen LogP contribution in [-0.4, -0.2) is 48.3 Å². The lowest BCUT2D eigenvalue weighted by Gasteiger charge is -2.22. The largest absolute Gasteiger partial charge is 0.508 e. The number of amides is 3. The third-order valence-electron chi connectivity index (χ3n) is 8.98. The molecule has 54 heavy (non-hydrogen) atoms. The lowest BCUT2D eigenvalue weighted by Crippen LogP contribution is -2.30. The second-order valence-electron chi connectivity index (χ2n) is 12.6. The molecule has 2 atom stereocenters. The van der Waals surface area contributed by atoms with Crippen molar-refractivity contribution >= 4 is 63.6 Å². The van der Waals surface area contributed by atoms with Crippen molar-refractivity contribution in [2.24, 2.45) is 0 Å². The van der Waals surface area contributed by atoms with Crippen LogP contribution in [0.3, 0.4) is 0 Å². The molecule has 10 nitrogen and oxygen atoms in total. The first-order chi connectivity index (χ1) is 26.1. The van der Waals surface area contributed by atoms with Gasteiger partial charge in [0.15, 0.2) is 0 Å². The number of hydrogen-bond donors (Lipinski definition) is 4. The molecule has 1 aromatic heterocycles. The maximum Gasteiger partial charge on any atom is 0.341 e. The van der Waals surface area contributed by atoms with Gasteiger partial charge in [-0.2, -0.15) is 0 Å². The van der Waals surface area contributed by atoms with Crippen LogP contribution in [0.5, 0.6) is 11.5 Å². The summed E-state index contributed by atoms with van der Waals surface area (Å²) in [5.74, 6) is -1.23. The maximum atomic E-state index is 13.7. The SMILES string of the molecule is COC(=O)c1c(NC(=O)C(C)Sc2cccc(NC(=O)/C(=C\c3ccc(O)cc3OC)NC(=O)c3ccccc3)c2)sc2c1CCC(c1ccccc1)C2. The van der Waals surface area contributed by atoms with Crippen LogP contribution in [-0.2, 0) is 27.2 Å². The molecule has 6 rings (SSSR count). The van der Waals surface area contributed by atoms with Crippen molar-refractivity contribution < 1.29 is 33.8 Å². The zero-order chi connectivity index (χ0) is 38.2. The Morgan fingerprint density at radius 2 is 1.65 bits per heavy atom.